The number of hydrogen-bond donors (Lipinski definition) is 1. The average molecular weight is 269 g/mol. The van der Waals surface area contributed by atoms with E-state index >= 15 is 0 Å². The van der Waals surface area contributed by atoms with Gasteiger partial charge in [-0.25, -0.2) is 0 Å². The maximum Gasteiger partial charge on any atom is 0.229 e. The van der Waals surface area contributed by atoms with E-state index < -0.39 is 5.54 Å². The Balaban J connectivity index is 2.02. The molecule has 1 heterocycles. The number of aromatic nitrogens is 2. The summed E-state index contributed by atoms with van der Waals surface area (Å²) < 4.78 is 16.2. The minimum Gasteiger partial charge on any atom is -0.379 e. The van der Waals surface area contributed by atoms with E-state index in [2.05, 4.69) is 10.1 Å². The zero-order valence-corrected chi connectivity index (χ0v) is 11.9. The molecule has 0 radical (unpaired) electrons. The lowest BCUT2D eigenvalue weighted by Crippen LogP contribution is -2.41. The van der Waals surface area contributed by atoms with Crippen LogP contribution in [0.3, 0.4) is 0 Å². The average Bonchev–Trinajstić information content (AvgIpc) is 2.80. The van der Waals surface area contributed by atoms with E-state index in [4.69, 9.17) is 19.7 Å². The van der Waals surface area contributed by atoms with Gasteiger partial charge in [-0.2, -0.15) is 4.98 Å². The van der Waals surface area contributed by atoms with E-state index in [9.17, 15) is 0 Å². The summed E-state index contributed by atoms with van der Waals surface area (Å²) in [6, 6.07) is 0. The van der Waals surface area contributed by atoms with Gasteiger partial charge in [-0.3, -0.25) is 0 Å². The first-order valence-corrected chi connectivity index (χ1v) is 6.76. The van der Waals surface area contributed by atoms with Crippen molar-refractivity contribution in [2.24, 2.45) is 5.73 Å². The van der Waals surface area contributed by atoms with E-state index in [0.717, 1.165) is 12.8 Å². The van der Waals surface area contributed by atoms with Gasteiger partial charge in [-0.05, 0) is 33.1 Å². The zero-order valence-electron chi connectivity index (χ0n) is 11.9. The molecule has 1 atom stereocenters. The highest BCUT2D eigenvalue weighted by atomic mass is 16.5. The van der Waals surface area contributed by atoms with Gasteiger partial charge in [0, 0.05) is 13.7 Å². The van der Waals surface area contributed by atoms with Gasteiger partial charge in [-0.1, -0.05) is 5.16 Å². The summed E-state index contributed by atoms with van der Waals surface area (Å²) in [5.41, 5.74) is 5.30. The smallest absolute Gasteiger partial charge is 0.229 e. The highest BCUT2D eigenvalue weighted by molar-refractivity contribution is 5.04. The van der Waals surface area contributed by atoms with Crippen LogP contribution in [0.4, 0.5) is 0 Å². The second-order valence-corrected chi connectivity index (χ2v) is 5.48. The normalized spacial score (nSPS) is 20.8. The van der Waals surface area contributed by atoms with Crippen molar-refractivity contribution >= 4 is 0 Å². The van der Waals surface area contributed by atoms with E-state index in [1.807, 2.05) is 13.8 Å². The Morgan fingerprint density at radius 2 is 2.21 bits per heavy atom. The first kappa shape index (κ1) is 14.4. The van der Waals surface area contributed by atoms with Crippen molar-refractivity contribution in [3.8, 4) is 0 Å². The minimum absolute atomic E-state index is 0.116. The van der Waals surface area contributed by atoms with Gasteiger partial charge < -0.3 is 19.7 Å². The van der Waals surface area contributed by atoms with Crippen molar-refractivity contribution in [3.63, 3.8) is 0 Å². The van der Waals surface area contributed by atoms with Crippen LogP contribution < -0.4 is 5.73 Å². The number of ether oxygens (including phenoxy) is 2. The Morgan fingerprint density at radius 3 is 2.74 bits per heavy atom. The number of nitrogens with two attached hydrogens (primary N) is 1. The number of hydrogen-bond acceptors (Lipinski definition) is 6. The standard InChI is InChI=1S/C13H23N3O3/c1-4-18-9-12(2,14)11-15-10(19-16-11)8-13(17-3)6-5-7-13/h4-9,14H2,1-3H3. The van der Waals surface area contributed by atoms with Crippen LogP contribution in [-0.2, 0) is 21.4 Å². The van der Waals surface area contributed by atoms with E-state index in [1.54, 1.807) is 7.11 Å². The van der Waals surface area contributed by atoms with Crippen molar-refractivity contribution in [2.45, 2.75) is 50.7 Å². The van der Waals surface area contributed by atoms with Crippen LogP contribution in [0.25, 0.3) is 0 Å². The maximum absolute atomic E-state index is 6.14. The van der Waals surface area contributed by atoms with Crippen LogP contribution in [0.5, 0.6) is 0 Å². The molecule has 2 rings (SSSR count). The second-order valence-electron chi connectivity index (χ2n) is 5.48. The third-order valence-electron chi connectivity index (χ3n) is 3.76. The lowest BCUT2D eigenvalue weighted by Gasteiger charge is -2.39. The largest absolute Gasteiger partial charge is 0.379 e. The predicted molar refractivity (Wildman–Crippen MR) is 69.6 cm³/mol. The van der Waals surface area contributed by atoms with Crippen molar-refractivity contribution in [3.05, 3.63) is 11.7 Å². The molecule has 0 aliphatic heterocycles. The molecule has 1 aromatic rings. The minimum atomic E-state index is -0.725. The Kier molecular flexibility index (Phi) is 4.23. The summed E-state index contributed by atoms with van der Waals surface area (Å²) in [5, 5.41) is 3.97. The molecule has 0 saturated heterocycles. The first-order valence-electron chi connectivity index (χ1n) is 6.76. The summed E-state index contributed by atoms with van der Waals surface area (Å²) in [7, 11) is 1.73. The highest BCUT2D eigenvalue weighted by Crippen LogP contribution is 2.37. The van der Waals surface area contributed by atoms with Gasteiger partial charge in [-0.15, -0.1) is 0 Å². The van der Waals surface area contributed by atoms with Crippen LogP contribution in [0.15, 0.2) is 4.52 Å². The van der Waals surface area contributed by atoms with Crippen LogP contribution in [-0.4, -0.2) is 36.1 Å². The molecule has 0 amide bonds. The van der Waals surface area contributed by atoms with Gasteiger partial charge in [0.1, 0.15) is 5.54 Å². The first-order chi connectivity index (χ1) is 9.01. The quantitative estimate of drug-likeness (QED) is 0.805. The summed E-state index contributed by atoms with van der Waals surface area (Å²) in [5.74, 6) is 1.08. The van der Waals surface area contributed by atoms with Crippen molar-refractivity contribution in [2.75, 3.05) is 20.3 Å². The summed E-state index contributed by atoms with van der Waals surface area (Å²) in [6.07, 6.45) is 3.93. The zero-order chi connectivity index (χ0) is 13.9. The molecule has 0 bridgehead atoms. The van der Waals surface area contributed by atoms with Gasteiger partial charge in [0.15, 0.2) is 5.82 Å². The lowest BCUT2D eigenvalue weighted by molar-refractivity contribution is -0.0751. The summed E-state index contributed by atoms with van der Waals surface area (Å²) >= 11 is 0. The number of nitrogens with zero attached hydrogens (tertiary/aromatic N) is 2. The molecule has 108 valence electrons. The number of rotatable bonds is 7. The molecular formula is C13H23N3O3. The molecule has 6 heteroatoms. The molecule has 1 aliphatic carbocycles. The molecule has 0 spiro atoms. The van der Waals surface area contributed by atoms with E-state index in [-0.39, 0.29) is 5.60 Å². The Labute approximate surface area is 113 Å². The molecule has 0 aromatic carbocycles. The molecule has 1 fully saturated rings. The van der Waals surface area contributed by atoms with Crippen molar-refractivity contribution in [1.29, 1.82) is 0 Å². The van der Waals surface area contributed by atoms with E-state index in [1.165, 1.54) is 6.42 Å². The Bertz CT molecular complexity index is 408. The van der Waals surface area contributed by atoms with Gasteiger partial charge >= 0.3 is 0 Å². The Hall–Kier alpha value is -0.980. The van der Waals surface area contributed by atoms with E-state index in [0.29, 0.717) is 31.3 Å². The van der Waals surface area contributed by atoms with Gasteiger partial charge in [0.25, 0.3) is 0 Å². The number of methoxy groups -OCH3 is 1. The molecule has 1 aromatic heterocycles. The molecule has 19 heavy (non-hydrogen) atoms. The van der Waals surface area contributed by atoms with Crippen LogP contribution >= 0.6 is 0 Å². The molecule has 1 aliphatic rings. The monoisotopic (exact) mass is 269 g/mol. The van der Waals surface area contributed by atoms with Crippen molar-refractivity contribution < 1.29 is 14.0 Å². The van der Waals surface area contributed by atoms with Gasteiger partial charge in [0.05, 0.1) is 18.6 Å². The summed E-state index contributed by atoms with van der Waals surface area (Å²) in [6.45, 7) is 4.76. The van der Waals surface area contributed by atoms with Crippen LogP contribution in [0, 0.1) is 0 Å². The van der Waals surface area contributed by atoms with Gasteiger partial charge in [0.2, 0.25) is 5.89 Å². The van der Waals surface area contributed by atoms with Crippen molar-refractivity contribution in [1.82, 2.24) is 10.1 Å². The molecule has 1 saturated carbocycles. The third-order valence-corrected chi connectivity index (χ3v) is 3.76. The molecule has 1 unspecified atom stereocenters. The maximum atomic E-state index is 6.14. The van der Waals surface area contributed by atoms with Crippen LogP contribution in [0.1, 0.15) is 44.8 Å². The molecular weight excluding hydrogens is 246 g/mol. The molecule has 6 nitrogen and oxygen atoms in total. The third kappa shape index (κ3) is 3.13. The van der Waals surface area contributed by atoms with Crippen LogP contribution in [0.2, 0.25) is 0 Å². The lowest BCUT2D eigenvalue weighted by atomic mass is 9.77. The Morgan fingerprint density at radius 1 is 1.47 bits per heavy atom. The fourth-order valence-electron chi connectivity index (χ4n) is 2.24. The highest BCUT2D eigenvalue weighted by Gasteiger charge is 2.39. The fraction of sp³-hybridized carbons (Fsp3) is 0.846. The summed E-state index contributed by atoms with van der Waals surface area (Å²) in [4.78, 5) is 4.39. The molecule has 2 N–H and O–H groups in total. The predicted octanol–water partition coefficient (Wildman–Crippen LogP) is 1.39. The topological polar surface area (TPSA) is 83.4 Å². The SMILES string of the molecule is CCOCC(C)(N)c1noc(CC2(OC)CCC2)n1. The fourth-order valence-corrected chi connectivity index (χ4v) is 2.24. The second kappa shape index (κ2) is 5.56.